The van der Waals surface area contributed by atoms with Gasteiger partial charge < -0.3 is 19.4 Å². The normalized spacial score (nSPS) is 11.0. The minimum Gasteiger partial charge on any atom is -0.493 e. The topological polar surface area (TPSA) is 83.2 Å². The van der Waals surface area contributed by atoms with Gasteiger partial charge in [-0.15, -0.1) is 0 Å². The van der Waals surface area contributed by atoms with E-state index in [9.17, 15) is 4.79 Å². The van der Waals surface area contributed by atoms with Crippen LogP contribution in [0.5, 0.6) is 11.5 Å². The van der Waals surface area contributed by atoms with Gasteiger partial charge in [0.05, 0.1) is 19.6 Å². The Bertz CT molecular complexity index is 1230. The molecule has 0 aliphatic heterocycles. The molecule has 1 aromatic carbocycles. The van der Waals surface area contributed by atoms with Gasteiger partial charge in [-0.3, -0.25) is 4.79 Å². The summed E-state index contributed by atoms with van der Waals surface area (Å²) in [5.41, 5.74) is 3.57. The molecule has 4 aromatic rings. The van der Waals surface area contributed by atoms with E-state index in [1.54, 1.807) is 18.9 Å². The first-order chi connectivity index (χ1) is 15.0. The van der Waals surface area contributed by atoms with Gasteiger partial charge >= 0.3 is 0 Å². The molecule has 0 saturated carbocycles. The lowest BCUT2D eigenvalue weighted by Gasteiger charge is -2.10. The number of rotatable bonds is 7. The van der Waals surface area contributed by atoms with Gasteiger partial charge in [-0.25, -0.2) is 9.67 Å². The summed E-state index contributed by atoms with van der Waals surface area (Å²) in [6.07, 6.45) is 3.87. The Balaban J connectivity index is 1.57. The van der Waals surface area contributed by atoms with Crippen LogP contribution in [0.3, 0.4) is 0 Å². The van der Waals surface area contributed by atoms with E-state index in [0.717, 1.165) is 28.0 Å². The van der Waals surface area contributed by atoms with Gasteiger partial charge in [0, 0.05) is 24.6 Å². The maximum absolute atomic E-state index is 12.7. The van der Waals surface area contributed by atoms with Crippen molar-refractivity contribution in [2.75, 3.05) is 14.2 Å². The molecule has 8 nitrogen and oxygen atoms in total. The number of pyridine rings is 1. The number of hydrogen-bond acceptors (Lipinski definition) is 5. The summed E-state index contributed by atoms with van der Waals surface area (Å²) < 4.78 is 14.2. The van der Waals surface area contributed by atoms with Crippen LogP contribution in [0.2, 0.25) is 0 Å². The third-order valence-corrected chi connectivity index (χ3v) is 5.09. The lowest BCUT2D eigenvalue weighted by atomic mass is 10.2. The summed E-state index contributed by atoms with van der Waals surface area (Å²) in [6, 6.07) is 11.5. The van der Waals surface area contributed by atoms with Gasteiger partial charge in [0.25, 0.3) is 0 Å². The van der Waals surface area contributed by atoms with Crippen LogP contribution < -0.4 is 14.8 Å². The van der Waals surface area contributed by atoms with Crippen molar-refractivity contribution in [2.45, 2.75) is 26.9 Å². The molecule has 0 unspecified atom stereocenters. The van der Waals surface area contributed by atoms with Crippen molar-refractivity contribution >= 4 is 16.9 Å². The summed E-state index contributed by atoms with van der Waals surface area (Å²) in [4.78, 5) is 17.4. The summed E-state index contributed by atoms with van der Waals surface area (Å²) in [5.74, 6) is 1.88. The van der Waals surface area contributed by atoms with Crippen LogP contribution in [0.15, 0.2) is 48.8 Å². The summed E-state index contributed by atoms with van der Waals surface area (Å²) in [5, 5.41) is 8.58. The molecular formula is C23H25N5O3. The number of ether oxygens (including phenoxy) is 2. The van der Waals surface area contributed by atoms with Gasteiger partial charge in [-0.1, -0.05) is 6.07 Å². The number of fused-ring (bicyclic) bond motifs is 1. The largest absolute Gasteiger partial charge is 0.493 e. The summed E-state index contributed by atoms with van der Waals surface area (Å²) in [6.45, 7) is 4.42. The Labute approximate surface area is 180 Å². The van der Waals surface area contributed by atoms with E-state index in [4.69, 9.17) is 14.6 Å². The summed E-state index contributed by atoms with van der Waals surface area (Å²) in [7, 11) is 3.18. The molecule has 0 atom stereocenters. The second-order valence-electron chi connectivity index (χ2n) is 7.32. The molecule has 4 rings (SSSR count). The van der Waals surface area contributed by atoms with E-state index in [0.29, 0.717) is 23.7 Å². The Hall–Kier alpha value is -3.81. The molecular weight excluding hydrogens is 394 g/mol. The Morgan fingerprint density at radius 2 is 1.81 bits per heavy atom. The monoisotopic (exact) mass is 419 g/mol. The first-order valence-electron chi connectivity index (χ1n) is 9.96. The number of carbonyl (C=O) groups excluding carboxylic acids is 1. The van der Waals surface area contributed by atoms with Crippen LogP contribution in [0.1, 0.15) is 16.8 Å². The minimum absolute atomic E-state index is 0.0704. The van der Waals surface area contributed by atoms with E-state index >= 15 is 0 Å². The highest BCUT2D eigenvalue weighted by Gasteiger charge is 2.18. The molecule has 0 spiro atoms. The van der Waals surface area contributed by atoms with Crippen LogP contribution in [0, 0.1) is 13.8 Å². The average molecular weight is 419 g/mol. The number of methoxy groups -OCH3 is 2. The van der Waals surface area contributed by atoms with E-state index in [1.807, 2.05) is 67.2 Å². The average Bonchev–Trinajstić information content (AvgIpc) is 3.40. The molecule has 0 bridgehead atoms. The summed E-state index contributed by atoms with van der Waals surface area (Å²) >= 11 is 0. The highest BCUT2D eigenvalue weighted by atomic mass is 16.5. The number of amides is 1. The second kappa shape index (κ2) is 8.51. The molecule has 0 saturated heterocycles. The molecule has 160 valence electrons. The minimum atomic E-state index is -0.154. The Morgan fingerprint density at radius 1 is 1.06 bits per heavy atom. The van der Waals surface area contributed by atoms with Crippen molar-refractivity contribution in [2.24, 2.45) is 0 Å². The quantitative estimate of drug-likeness (QED) is 0.498. The molecule has 1 N–H and O–H groups in total. The molecule has 1 amide bonds. The maximum atomic E-state index is 12.7. The molecule has 31 heavy (non-hydrogen) atoms. The number of benzene rings is 1. The predicted octanol–water partition coefficient (Wildman–Crippen LogP) is 3.17. The van der Waals surface area contributed by atoms with Crippen LogP contribution in [-0.4, -0.2) is 39.5 Å². The zero-order valence-electron chi connectivity index (χ0n) is 18.0. The van der Waals surface area contributed by atoms with Crippen molar-refractivity contribution in [1.82, 2.24) is 24.6 Å². The molecule has 0 radical (unpaired) electrons. The maximum Gasteiger partial charge on any atom is 0.242 e. The molecule has 8 heteroatoms. The van der Waals surface area contributed by atoms with Gasteiger partial charge in [0.15, 0.2) is 23.0 Å². The van der Waals surface area contributed by atoms with Crippen LogP contribution in [-0.2, 0) is 17.9 Å². The molecule has 0 aliphatic carbocycles. The third kappa shape index (κ3) is 4.09. The van der Waals surface area contributed by atoms with E-state index < -0.39 is 0 Å². The van der Waals surface area contributed by atoms with E-state index in [-0.39, 0.29) is 12.5 Å². The molecule has 0 fully saturated rings. The first kappa shape index (κ1) is 20.5. The fourth-order valence-corrected chi connectivity index (χ4v) is 3.64. The number of aryl methyl sites for hydroxylation is 2. The van der Waals surface area contributed by atoms with Crippen molar-refractivity contribution < 1.29 is 14.3 Å². The number of nitrogens with zero attached hydrogens (tertiary/aromatic N) is 4. The van der Waals surface area contributed by atoms with Crippen LogP contribution in [0.4, 0.5) is 0 Å². The SMILES string of the molecule is COc1ccc(CNC(=O)Cn2nc(-n3cccc3)c3c(C)cc(C)nc32)cc1OC. The van der Waals surface area contributed by atoms with Crippen molar-refractivity contribution in [3.05, 3.63) is 65.6 Å². The number of carbonyl (C=O) groups is 1. The Morgan fingerprint density at radius 3 is 2.52 bits per heavy atom. The molecule has 3 heterocycles. The zero-order valence-corrected chi connectivity index (χ0v) is 18.0. The van der Waals surface area contributed by atoms with Crippen molar-refractivity contribution in [1.29, 1.82) is 0 Å². The fourth-order valence-electron chi connectivity index (χ4n) is 3.64. The third-order valence-electron chi connectivity index (χ3n) is 5.09. The van der Waals surface area contributed by atoms with Gasteiger partial charge in [-0.2, -0.15) is 5.10 Å². The van der Waals surface area contributed by atoms with Crippen LogP contribution in [0.25, 0.3) is 16.9 Å². The number of nitrogens with one attached hydrogen (secondary N) is 1. The van der Waals surface area contributed by atoms with E-state index in [1.165, 1.54) is 0 Å². The molecule has 0 aliphatic rings. The van der Waals surface area contributed by atoms with Crippen molar-refractivity contribution in [3.63, 3.8) is 0 Å². The van der Waals surface area contributed by atoms with Crippen LogP contribution >= 0.6 is 0 Å². The van der Waals surface area contributed by atoms with Gasteiger partial charge in [-0.05, 0) is 55.3 Å². The van der Waals surface area contributed by atoms with Crippen molar-refractivity contribution in [3.8, 4) is 17.3 Å². The smallest absolute Gasteiger partial charge is 0.242 e. The fraction of sp³-hybridized carbons (Fsp3) is 0.261. The highest BCUT2D eigenvalue weighted by molar-refractivity contribution is 5.88. The predicted molar refractivity (Wildman–Crippen MR) is 118 cm³/mol. The lowest BCUT2D eigenvalue weighted by molar-refractivity contribution is -0.121. The Kier molecular flexibility index (Phi) is 5.62. The molecule has 3 aromatic heterocycles. The zero-order chi connectivity index (χ0) is 22.0. The second-order valence-corrected chi connectivity index (χ2v) is 7.32. The van der Waals surface area contributed by atoms with Gasteiger partial charge in [0.1, 0.15) is 6.54 Å². The lowest BCUT2D eigenvalue weighted by Crippen LogP contribution is -2.27. The number of aromatic nitrogens is 4. The number of hydrogen-bond donors (Lipinski definition) is 1. The van der Waals surface area contributed by atoms with Gasteiger partial charge in [0.2, 0.25) is 5.91 Å². The first-order valence-corrected chi connectivity index (χ1v) is 9.96. The highest BCUT2D eigenvalue weighted by Crippen LogP contribution is 2.27. The van der Waals surface area contributed by atoms with E-state index in [2.05, 4.69) is 10.3 Å². The standard InChI is InChI=1S/C23H25N5O3/c1-15-11-16(2)25-22-21(15)23(27-9-5-6-10-27)26-28(22)14-20(29)24-13-17-7-8-18(30-3)19(12-17)31-4/h5-12H,13-14H2,1-4H3,(H,24,29).